The number of hydrogen-bond donors (Lipinski definition) is 1. The second kappa shape index (κ2) is 9.06. The molecule has 0 bridgehead atoms. The summed E-state index contributed by atoms with van der Waals surface area (Å²) in [5.74, 6) is -1.20. The third-order valence-electron chi connectivity index (χ3n) is 6.62. The third-order valence-corrected chi connectivity index (χ3v) is 6.62. The van der Waals surface area contributed by atoms with Crippen LogP contribution in [0.2, 0.25) is 0 Å². The highest BCUT2D eigenvalue weighted by Crippen LogP contribution is 2.45. The van der Waals surface area contributed by atoms with E-state index in [0.29, 0.717) is 17.0 Å². The molecule has 3 aromatic carbocycles. The molecule has 1 aliphatic rings. The number of benzene rings is 3. The third kappa shape index (κ3) is 4.23. The summed E-state index contributed by atoms with van der Waals surface area (Å²) < 4.78 is 5.55. The van der Waals surface area contributed by atoms with E-state index in [1.807, 2.05) is 74.5 Å². The molecule has 1 aliphatic heterocycles. The quantitative estimate of drug-likeness (QED) is 0.279. The molecule has 0 radical (unpaired) electrons. The van der Waals surface area contributed by atoms with Crippen LogP contribution in [0.4, 0.5) is 5.69 Å². The molecule has 0 spiro atoms. The fraction of sp³-hybridized carbons (Fsp3) is 0.267. The van der Waals surface area contributed by atoms with Crippen molar-refractivity contribution in [3.63, 3.8) is 0 Å². The summed E-state index contributed by atoms with van der Waals surface area (Å²) >= 11 is 0. The maximum Gasteiger partial charge on any atom is 0.300 e. The number of amides is 1. The van der Waals surface area contributed by atoms with Gasteiger partial charge in [0.1, 0.15) is 11.5 Å². The zero-order valence-electron chi connectivity index (χ0n) is 21.0. The number of methoxy groups -OCH3 is 1. The number of para-hydroxylation sites is 1. The Kier molecular flexibility index (Phi) is 6.28. The summed E-state index contributed by atoms with van der Waals surface area (Å²) in [6.45, 7) is 10.1. The van der Waals surface area contributed by atoms with Crippen LogP contribution in [0.1, 0.15) is 54.6 Å². The molecule has 1 fully saturated rings. The molecule has 35 heavy (non-hydrogen) atoms. The number of ketones is 1. The van der Waals surface area contributed by atoms with E-state index in [0.717, 1.165) is 22.3 Å². The SMILES string of the molecule is COc1ccc(C(C)(C)C)cc1/C(O)=C1\C(=O)C(=O)N(c2ccccc2C)C1c1ccccc1C. The number of carbonyl (C=O) groups excluding carboxylic acids is 2. The van der Waals surface area contributed by atoms with Gasteiger partial charge in [0.25, 0.3) is 11.7 Å². The Morgan fingerprint density at radius 3 is 2.14 bits per heavy atom. The summed E-state index contributed by atoms with van der Waals surface area (Å²) in [6.07, 6.45) is 0. The summed E-state index contributed by atoms with van der Waals surface area (Å²) in [5.41, 5.74) is 4.42. The van der Waals surface area contributed by atoms with E-state index >= 15 is 0 Å². The van der Waals surface area contributed by atoms with E-state index < -0.39 is 17.7 Å². The first-order valence-corrected chi connectivity index (χ1v) is 11.7. The van der Waals surface area contributed by atoms with Crippen molar-refractivity contribution in [3.05, 3.63) is 100 Å². The molecule has 180 valence electrons. The van der Waals surface area contributed by atoms with Crippen molar-refractivity contribution in [2.75, 3.05) is 12.0 Å². The van der Waals surface area contributed by atoms with Crippen LogP contribution in [-0.2, 0) is 15.0 Å². The molecule has 5 nitrogen and oxygen atoms in total. The van der Waals surface area contributed by atoms with Crippen molar-refractivity contribution in [3.8, 4) is 5.75 Å². The lowest BCUT2D eigenvalue weighted by molar-refractivity contribution is -0.132. The molecule has 1 heterocycles. The van der Waals surface area contributed by atoms with Crippen LogP contribution in [0, 0.1) is 13.8 Å². The average molecular weight is 470 g/mol. The molecular formula is C30H31NO4. The largest absolute Gasteiger partial charge is 0.507 e. The minimum Gasteiger partial charge on any atom is -0.507 e. The van der Waals surface area contributed by atoms with Crippen LogP contribution in [0.5, 0.6) is 5.75 Å². The van der Waals surface area contributed by atoms with Gasteiger partial charge in [-0.15, -0.1) is 0 Å². The smallest absolute Gasteiger partial charge is 0.300 e. The Morgan fingerprint density at radius 2 is 1.54 bits per heavy atom. The number of Topliss-reactive ketones (excluding diaryl/α,β-unsaturated/α-hetero) is 1. The molecule has 0 aromatic heterocycles. The Morgan fingerprint density at radius 1 is 0.914 bits per heavy atom. The number of rotatable bonds is 4. The van der Waals surface area contributed by atoms with Gasteiger partial charge in [-0.25, -0.2) is 0 Å². The second-order valence-corrected chi connectivity index (χ2v) is 9.98. The lowest BCUT2D eigenvalue weighted by atomic mass is 9.85. The number of anilines is 1. The molecule has 0 aliphatic carbocycles. The van der Waals surface area contributed by atoms with Crippen LogP contribution in [0.25, 0.3) is 5.76 Å². The summed E-state index contributed by atoms with van der Waals surface area (Å²) in [7, 11) is 1.52. The van der Waals surface area contributed by atoms with Crippen LogP contribution < -0.4 is 9.64 Å². The molecule has 4 rings (SSSR count). The number of aliphatic hydroxyl groups is 1. The van der Waals surface area contributed by atoms with Crippen LogP contribution in [0.3, 0.4) is 0 Å². The Labute approximate surface area is 206 Å². The summed E-state index contributed by atoms with van der Waals surface area (Å²) in [5, 5.41) is 11.7. The summed E-state index contributed by atoms with van der Waals surface area (Å²) in [4.78, 5) is 28.5. The normalized spacial score (nSPS) is 17.7. The van der Waals surface area contributed by atoms with Gasteiger partial charge in [0.15, 0.2) is 0 Å². The van der Waals surface area contributed by atoms with Gasteiger partial charge in [-0.05, 0) is 59.7 Å². The Balaban J connectivity index is 2.04. The standard InChI is InChI=1S/C30H31NO4/c1-18-11-7-9-13-21(18)26-25(28(33)29(34)31(26)23-14-10-8-12-19(23)2)27(32)22-17-20(30(3,4)5)15-16-24(22)35-6/h7-17,26,32H,1-6H3/b27-25+. The van der Waals surface area contributed by atoms with Crippen LogP contribution in [-0.4, -0.2) is 23.9 Å². The maximum atomic E-state index is 13.5. The molecule has 5 heteroatoms. The lowest BCUT2D eigenvalue weighted by Crippen LogP contribution is -2.30. The zero-order chi connectivity index (χ0) is 25.5. The van der Waals surface area contributed by atoms with Gasteiger partial charge >= 0.3 is 0 Å². The Bertz CT molecular complexity index is 1350. The Hall–Kier alpha value is -3.86. The fourth-order valence-corrected chi connectivity index (χ4v) is 4.61. The molecule has 1 atom stereocenters. The predicted molar refractivity (Wildman–Crippen MR) is 139 cm³/mol. The second-order valence-electron chi connectivity index (χ2n) is 9.98. The van der Waals surface area contributed by atoms with Gasteiger partial charge in [0.05, 0.1) is 24.3 Å². The number of nitrogens with zero attached hydrogens (tertiary/aromatic N) is 1. The maximum absolute atomic E-state index is 13.5. The minimum atomic E-state index is -0.778. The van der Waals surface area contributed by atoms with Crippen molar-refractivity contribution >= 4 is 23.1 Å². The van der Waals surface area contributed by atoms with Crippen LogP contribution in [0.15, 0.2) is 72.3 Å². The van der Waals surface area contributed by atoms with Crippen molar-refractivity contribution in [1.82, 2.24) is 0 Å². The fourth-order valence-electron chi connectivity index (χ4n) is 4.61. The summed E-state index contributed by atoms with van der Waals surface area (Å²) in [6, 6.07) is 19.9. The molecule has 0 saturated carbocycles. The zero-order valence-corrected chi connectivity index (χ0v) is 21.0. The van der Waals surface area contributed by atoms with E-state index in [1.54, 1.807) is 6.07 Å². The monoisotopic (exact) mass is 469 g/mol. The molecule has 1 unspecified atom stereocenters. The first-order valence-electron chi connectivity index (χ1n) is 11.7. The topological polar surface area (TPSA) is 66.8 Å². The van der Waals surface area contributed by atoms with E-state index in [-0.39, 0.29) is 16.7 Å². The highest BCUT2D eigenvalue weighted by atomic mass is 16.5. The first-order chi connectivity index (χ1) is 16.6. The van der Waals surface area contributed by atoms with Gasteiger partial charge in [-0.2, -0.15) is 0 Å². The highest BCUT2D eigenvalue weighted by molar-refractivity contribution is 6.51. The average Bonchev–Trinajstić information content (AvgIpc) is 3.08. The lowest BCUT2D eigenvalue weighted by Gasteiger charge is -2.28. The molecule has 3 aromatic rings. The van der Waals surface area contributed by atoms with E-state index in [4.69, 9.17) is 4.74 Å². The number of carbonyl (C=O) groups is 2. The van der Waals surface area contributed by atoms with E-state index in [2.05, 4.69) is 20.8 Å². The van der Waals surface area contributed by atoms with Crippen LogP contribution >= 0.6 is 0 Å². The van der Waals surface area contributed by atoms with Crippen molar-refractivity contribution < 1.29 is 19.4 Å². The predicted octanol–water partition coefficient (Wildman–Crippen LogP) is 6.24. The first kappa shape index (κ1) is 24.3. The van der Waals surface area contributed by atoms with E-state index in [9.17, 15) is 14.7 Å². The molecular weight excluding hydrogens is 438 g/mol. The van der Waals surface area contributed by atoms with Gasteiger partial charge in [0.2, 0.25) is 0 Å². The van der Waals surface area contributed by atoms with Crippen molar-refractivity contribution in [2.45, 2.75) is 46.1 Å². The van der Waals surface area contributed by atoms with Crippen molar-refractivity contribution in [2.24, 2.45) is 0 Å². The van der Waals surface area contributed by atoms with E-state index in [1.165, 1.54) is 12.0 Å². The van der Waals surface area contributed by atoms with Gasteiger partial charge in [0, 0.05) is 5.69 Å². The van der Waals surface area contributed by atoms with Gasteiger partial charge in [-0.3, -0.25) is 14.5 Å². The number of hydrogen-bond acceptors (Lipinski definition) is 4. The van der Waals surface area contributed by atoms with Gasteiger partial charge in [-0.1, -0.05) is 69.3 Å². The number of aliphatic hydroxyl groups excluding tert-OH is 1. The molecule has 1 saturated heterocycles. The minimum absolute atomic E-state index is 0.0527. The van der Waals surface area contributed by atoms with Crippen molar-refractivity contribution in [1.29, 1.82) is 0 Å². The molecule has 1 N–H and O–H groups in total. The number of ether oxygens (including phenoxy) is 1. The molecule has 1 amide bonds. The highest BCUT2D eigenvalue weighted by Gasteiger charge is 2.48. The van der Waals surface area contributed by atoms with Gasteiger partial charge < -0.3 is 9.84 Å². The number of aryl methyl sites for hydroxylation is 2.